The van der Waals surface area contributed by atoms with Crippen molar-refractivity contribution in [2.45, 2.75) is 63.7 Å². The van der Waals surface area contributed by atoms with E-state index in [1.807, 2.05) is 62.4 Å². The molecule has 7 N–H and O–H groups in total. The number of aryl methyl sites for hydroxylation is 3. The van der Waals surface area contributed by atoms with Crippen LogP contribution < -0.4 is 57.0 Å². The molecule has 384 valence electrons. The molecule has 0 fully saturated rings. The predicted octanol–water partition coefficient (Wildman–Crippen LogP) is 6.49. The van der Waals surface area contributed by atoms with E-state index in [2.05, 4.69) is 30.5 Å². The van der Waals surface area contributed by atoms with Crippen LogP contribution in [0.2, 0.25) is 0 Å². The smallest absolute Gasteiger partial charge is 0.869 e. The minimum atomic E-state index is -5.00. The molecule has 6 rings (SSSR count). The van der Waals surface area contributed by atoms with Crippen molar-refractivity contribution >= 4 is 57.7 Å². The number of hydrogen-bond donors (Lipinski definition) is 4. The van der Waals surface area contributed by atoms with Crippen LogP contribution in [0.25, 0.3) is 16.9 Å². The van der Waals surface area contributed by atoms with Crippen molar-refractivity contribution in [3.05, 3.63) is 173 Å². The number of nitrogens with zero attached hydrogens (tertiary/aromatic N) is 2. The Balaban J connectivity index is 0.000000945. The maximum atomic E-state index is 13.1. The van der Waals surface area contributed by atoms with E-state index in [0.717, 1.165) is 50.1 Å². The van der Waals surface area contributed by atoms with E-state index in [1.165, 1.54) is 48.9 Å². The van der Waals surface area contributed by atoms with Crippen molar-refractivity contribution in [2.24, 2.45) is 16.9 Å². The van der Waals surface area contributed by atoms with Crippen LogP contribution >= 0.6 is 24.4 Å². The largest absolute Gasteiger partial charge is 1.00 e. The summed E-state index contributed by atoms with van der Waals surface area (Å²) < 4.78 is 108. The van der Waals surface area contributed by atoms with Gasteiger partial charge in [-0.25, -0.2) is 18.2 Å². The first-order chi connectivity index (χ1) is 32.7. The van der Waals surface area contributed by atoms with E-state index < -0.39 is 39.6 Å². The number of carbonyl (C=O) groups excluding carboxylic acids is 3. The van der Waals surface area contributed by atoms with Crippen molar-refractivity contribution < 1.29 is 97.9 Å². The number of allylic oxidation sites excluding steroid dienone is 2. The first-order valence-corrected chi connectivity index (χ1v) is 22.4. The number of nitrogen functional groups attached to an aromatic ring is 1. The number of nitrogens with one attached hydrogen (secondary N) is 1. The average Bonchev–Trinajstić information content (AvgIpc) is 3.76. The molecule has 72 heavy (non-hydrogen) atoms. The summed E-state index contributed by atoms with van der Waals surface area (Å²) in [5.41, 5.74) is 7.23. The van der Waals surface area contributed by atoms with Crippen LogP contribution in [0.1, 0.15) is 63.9 Å². The number of halogens is 7. The fourth-order valence-electron chi connectivity index (χ4n) is 5.08. The third-order valence-corrected chi connectivity index (χ3v) is 10.2. The van der Waals surface area contributed by atoms with Crippen molar-refractivity contribution in [2.75, 3.05) is 12.0 Å². The fraction of sp³-hybridized carbons (Fsp3) is 0.191. The van der Waals surface area contributed by atoms with Gasteiger partial charge < -0.3 is 15.3 Å². The van der Waals surface area contributed by atoms with E-state index in [1.54, 1.807) is 57.2 Å². The first-order valence-electron chi connectivity index (χ1n) is 20.1. The Hall–Kier alpha value is -5.57. The van der Waals surface area contributed by atoms with Gasteiger partial charge in [-0.2, -0.15) is 37.3 Å². The minimum absolute atomic E-state index is 0. The second-order valence-electron chi connectivity index (χ2n) is 14.2. The van der Waals surface area contributed by atoms with E-state index in [9.17, 15) is 54.3 Å². The molecule has 0 unspecified atom stereocenters. The molecule has 5 aromatic carbocycles. The topological polar surface area (TPSA) is 244 Å². The number of hydrogen-bond acceptors (Lipinski definition) is 14. The number of ketones is 2. The maximum Gasteiger partial charge on any atom is 1.00 e. The van der Waals surface area contributed by atoms with Gasteiger partial charge >= 0.3 is 47.9 Å². The Labute approximate surface area is 444 Å². The number of hydrazine groups is 1. The Morgan fingerprint density at radius 1 is 0.778 bits per heavy atom. The van der Waals surface area contributed by atoms with Gasteiger partial charge in [0.15, 0.2) is 17.3 Å². The molecule has 0 aliphatic heterocycles. The zero-order valence-corrected chi connectivity index (χ0v) is 44.2. The molecule has 0 radical (unpaired) electrons. The molecule has 0 spiro atoms. The second kappa shape index (κ2) is 31.8. The molecule has 0 saturated carbocycles. The van der Waals surface area contributed by atoms with Gasteiger partial charge in [0, 0.05) is 34.2 Å². The predicted molar refractivity (Wildman–Crippen MR) is 257 cm³/mol. The normalized spacial score (nSPS) is 10.8. The molecule has 25 heteroatoms. The van der Waals surface area contributed by atoms with Crippen molar-refractivity contribution in [1.29, 1.82) is 0 Å². The number of benzene rings is 5. The molecule has 0 aliphatic rings. The van der Waals surface area contributed by atoms with Gasteiger partial charge in [0.2, 0.25) is 10.0 Å². The number of anilines is 1. The number of primary sulfonamides is 1. The zero-order valence-electron chi connectivity index (χ0n) is 39.7. The molecule has 0 bridgehead atoms. The second-order valence-corrected chi connectivity index (χ2v) is 16.6. The monoisotopic (exact) mass is 1080 g/mol. The van der Waals surface area contributed by atoms with Crippen molar-refractivity contribution in [1.82, 2.24) is 9.78 Å². The zero-order chi connectivity index (χ0) is 52.8. The summed E-state index contributed by atoms with van der Waals surface area (Å²) in [4.78, 5) is 36.5. The number of rotatable bonds is 11. The van der Waals surface area contributed by atoms with Gasteiger partial charge in [0.05, 0.1) is 34.9 Å². The van der Waals surface area contributed by atoms with Gasteiger partial charge in [-0.15, -0.1) is 21.7 Å². The van der Waals surface area contributed by atoms with Crippen LogP contribution in [0.3, 0.4) is 0 Å². The number of carbonyl (C=O) groups is 3. The average molecular weight is 1080 g/mol. The first kappa shape index (κ1) is 66.4. The molecule has 0 amide bonds. The number of nitrogens with two attached hydrogens (primary N) is 3. The number of aromatic nitrogens is 2. The van der Waals surface area contributed by atoms with Crippen molar-refractivity contribution in [3.63, 3.8) is 0 Å². The van der Waals surface area contributed by atoms with Gasteiger partial charge in [0.1, 0.15) is 0 Å². The van der Waals surface area contributed by atoms with Crippen LogP contribution in [-0.2, 0) is 35.1 Å². The third kappa shape index (κ3) is 24.2. The number of alkyl halides is 6. The third-order valence-electron chi connectivity index (χ3n) is 8.63. The van der Waals surface area contributed by atoms with Gasteiger partial charge in [-0.3, -0.25) is 20.2 Å². The molecule has 0 atom stereocenters. The molecule has 0 saturated heterocycles. The minimum Gasteiger partial charge on any atom is -0.869 e. The fourth-order valence-corrected chi connectivity index (χ4v) is 5.96. The number of esters is 1. The molecular formula is C47H50ClF6N6NaO9S2. The quantitative estimate of drug-likeness (QED) is 0.0104. The Kier molecular flexibility index (Phi) is 29.3. The van der Waals surface area contributed by atoms with E-state index in [-0.39, 0.29) is 81.6 Å². The van der Waals surface area contributed by atoms with E-state index in [4.69, 9.17) is 11.0 Å². The van der Waals surface area contributed by atoms with Gasteiger partial charge in [0.25, 0.3) is 0 Å². The van der Waals surface area contributed by atoms with E-state index >= 15 is 0 Å². The number of Topliss-reactive ketones (excluding diaryl/α,β-unsaturated/α-hetero) is 1. The summed E-state index contributed by atoms with van der Waals surface area (Å²) >= 11 is 1.02. The summed E-state index contributed by atoms with van der Waals surface area (Å²) in [6, 6.07) is 33.8. The molecular weight excluding hydrogens is 1030 g/mol. The van der Waals surface area contributed by atoms with E-state index in [0.29, 0.717) is 12.2 Å². The summed E-state index contributed by atoms with van der Waals surface area (Å²) in [5.74, 6) is 6.66. The standard InChI is InChI=1S/C17H14F3N3O2S.C11H9F3O2.C9H10O.C6H9N3O2S.C4H8O2.ClH.Na/c1-11-2-4-12(5-3-11)15-10-16(17(18,19)20)22-23(15)13-6-8-14(9-7-13)26(21,24)25;1-7-2-4-8(5-3-7)9(15)6-10(16)11(12,13)14;1-7-3-5-9(6-4-7)8(2)10;7-9-5-1-3-6(4-2-5)12-11-10-8;1-3-6-4(2)5;;/h2-10H,1H3,(H2,21,24,25);2-6,16H,1H3;3-6H,1-2H3;1-4,9H,7-8H2;3H2,1-2H3;1H;/q;;;;;;+1/p-1/b;10-6-;;;;;. The van der Waals surface area contributed by atoms with Crippen molar-refractivity contribution in [3.8, 4) is 16.9 Å². The molecule has 6 aromatic rings. The summed E-state index contributed by atoms with van der Waals surface area (Å²) in [7, 11) is -3.90. The Morgan fingerprint density at radius 2 is 1.25 bits per heavy atom. The van der Waals surface area contributed by atoms with Crippen LogP contribution in [-0.4, -0.2) is 48.5 Å². The molecule has 1 heterocycles. The summed E-state index contributed by atoms with van der Waals surface area (Å²) in [6.45, 7) is 10.9. The molecule has 15 nitrogen and oxygen atoms in total. The number of sulfonamides is 1. The summed E-state index contributed by atoms with van der Waals surface area (Å²) in [6.07, 6.45) is -9.55. The van der Waals surface area contributed by atoms with Crippen LogP contribution in [0.15, 0.2) is 149 Å². The van der Waals surface area contributed by atoms with Crippen LogP contribution in [0.4, 0.5) is 32.0 Å². The van der Waals surface area contributed by atoms with Gasteiger partial charge in [-0.1, -0.05) is 89.5 Å². The SMILES string of the molecule is CC(=O)c1ccc(C)cc1.CCOC(C)=O.Cc1ccc(-c2cc(C(F)(F)F)nn2-c2ccc(S(N)(=O)=O)cc2)cc1.Cc1ccc(C(=O)/C=C(\[O-])C(F)(F)F)cc1.Cl.NNc1ccc(SOON)cc1.[Na+]. The summed E-state index contributed by atoms with van der Waals surface area (Å²) in [5, 5.41) is 19.2. The Morgan fingerprint density at radius 3 is 1.62 bits per heavy atom. The van der Waals surface area contributed by atoms with Crippen LogP contribution in [0, 0.1) is 20.8 Å². The molecule has 1 aromatic heterocycles. The van der Waals surface area contributed by atoms with Gasteiger partial charge in [-0.05, 0) is 101 Å². The molecule has 0 aliphatic carbocycles. The van der Waals surface area contributed by atoms with Crippen LogP contribution in [0.5, 0.6) is 0 Å². The Bertz CT molecular complexity index is 2750. The number of ether oxygens (including phenoxy) is 1. The maximum absolute atomic E-state index is 13.1.